The molecule has 2 fully saturated rings. The van der Waals surface area contributed by atoms with E-state index in [2.05, 4.69) is 39.6 Å². The van der Waals surface area contributed by atoms with Crippen molar-refractivity contribution in [2.24, 2.45) is 4.99 Å². The number of hydrogen-bond donors (Lipinski definition) is 3. The van der Waals surface area contributed by atoms with Gasteiger partial charge in [-0.1, -0.05) is 18.2 Å². The van der Waals surface area contributed by atoms with Crippen LogP contribution in [0.4, 0.5) is 0 Å². The maximum Gasteiger partial charge on any atom is 0.191 e. The van der Waals surface area contributed by atoms with Gasteiger partial charge in [0.2, 0.25) is 0 Å². The zero-order chi connectivity index (χ0) is 19.1. The lowest BCUT2D eigenvalue weighted by Gasteiger charge is -2.35. The first-order chi connectivity index (χ1) is 13.1. The van der Waals surface area contributed by atoms with Crippen LogP contribution in [0.15, 0.2) is 29.3 Å². The number of benzene rings is 1. The van der Waals surface area contributed by atoms with E-state index in [0.29, 0.717) is 6.54 Å². The highest BCUT2D eigenvalue weighted by molar-refractivity contribution is 5.79. The lowest BCUT2D eigenvalue weighted by Crippen LogP contribution is -2.45. The predicted octanol–water partition coefficient (Wildman–Crippen LogP) is 2.30. The molecular weight excluding hydrogens is 340 g/mol. The van der Waals surface area contributed by atoms with E-state index in [1.807, 2.05) is 12.1 Å². The van der Waals surface area contributed by atoms with E-state index in [0.717, 1.165) is 57.2 Å². The van der Waals surface area contributed by atoms with Crippen molar-refractivity contribution in [2.75, 3.05) is 39.8 Å². The van der Waals surface area contributed by atoms with E-state index in [1.165, 1.54) is 18.4 Å². The van der Waals surface area contributed by atoms with Crippen molar-refractivity contribution < 1.29 is 9.84 Å². The monoisotopic (exact) mass is 374 g/mol. The largest absolute Gasteiger partial charge is 0.496 e. The molecule has 1 saturated heterocycles. The molecule has 6 nitrogen and oxygen atoms in total. The third-order valence-corrected chi connectivity index (χ3v) is 5.70. The highest BCUT2D eigenvalue weighted by Crippen LogP contribution is 2.32. The first kappa shape index (κ1) is 20.0. The first-order valence-corrected chi connectivity index (χ1v) is 10.3. The number of guanidine groups is 1. The van der Waals surface area contributed by atoms with Crippen molar-refractivity contribution >= 4 is 5.96 Å². The van der Waals surface area contributed by atoms with Crippen LogP contribution < -0.4 is 15.4 Å². The summed E-state index contributed by atoms with van der Waals surface area (Å²) in [6, 6.07) is 8.52. The third-order valence-electron chi connectivity index (χ3n) is 5.70. The second kappa shape index (κ2) is 9.42. The van der Waals surface area contributed by atoms with Crippen LogP contribution in [-0.2, 0) is 0 Å². The zero-order valence-electron chi connectivity index (χ0n) is 16.7. The van der Waals surface area contributed by atoms with Crippen molar-refractivity contribution in [1.82, 2.24) is 15.5 Å². The number of aliphatic imine (C=N–C) groups is 1. The van der Waals surface area contributed by atoms with Gasteiger partial charge < -0.3 is 20.5 Å². The second-order valence-electron chi connectivity index (χ2n) is 7.65. The van der Waals surface area contributed by atoms with Crippen LogP contribution in [0.1, 0.15) is 50.6 Å². The molecule has 1 atom stereocenters. The van der Waals surface area contributed by atoms with Crippen LogP contribution in [0.5, 0.6) is 5.75 Å². The predicted molar refractivity (Wildman–Crippen MR) is 109 cm³/mol. The van der Waals surface area contributed by atoms with Gasteiger partial charge in [-0.2, -0.15) is 0 Å². The fourth-order valence-electron chi connectivity index (χ4n) is 3.94. The molecule has 1 aliphatic carbocycles. The Hall–Kier alpha value is -1.79. The minimum atomic E-state index is -0.598. The topological polar surface area (TPSA) is 69.1 Å². The Morgan fingerprint density at radius 1 is 1.22 bits per heavy atom. The maximum atomic E-state index is 10.3. The van der Waals surface area contributed by atoms with E-state index in [-0.39, 0.29) is 6.04 Å². The molecule has 3 N–H and O–H groups in total. The van der Waals surface area contributed by atoms with Gasteiger partial charge in [0.05, 0.1) is 25.3 Å². The molecule has 0 amide bonds. The van der Waals surface area contributed by atoms with E-state index < -0.39 is 5.60 Å². The Labute approximate surface area is 163 Å². The number of nitrogens with one attached hydrogen (secondary N) is 2. The zero-order valence-corrected chi connectivity index (χ0v) is 16.7. The summed E-state index contributed by atoms with van der Waals surface area (Å²) < 4.78 is 5.62. The van der Waals surface area contributed by atoms with E-state index in [1.54, 1.807) is 7.11 Å². The summed E-state index contributed by atoms with van der Waals surface area (Å²) in [5.74, 6) is 1.71. The molecular formula is C21H34N4O2. The molecule has 0 spiro atoms. The summed E-state index contributed by atoms with van der Waals surface area (Å²) in [7, 11) is 1.73. The molecule has 1 aliphatic heterocycles. The van der Waals surface area contributed by atoms with Crippen LogP contribution in [0.3, 0.4) is 0 Å². The van der Waals surface area contributed by atoms with Gasteiger partial charge in [-0.25, -0.2) is 0 Å². The molecule has 2 aliphatic rings. The van der Waals surface area contributed by atoms with Gasteiger partial charge in [0.1, 0.15) is 5.75 Å². The van der Waals surface area contributed by atoms with Crippen LogP contribution in [-0.4, -0.2) is 61.4 Å². The number of likely N-dealkylation sites (tertiary alicyclic amines) is 1. The summed E-state index contributed by atoms with van der Waals surface area (Å²) >= 11 is 0. The number of para-hydroxylation sites is 1. The summed E-state index contributed by atoms with van der Waals surface area (Å²) in [5, 5.41) is 17.1. The van der Waals surface area contributed by atoms with Crippen LogP contribution in [0.2, 0.25) is 0 Å². The molecule has 0 aromatic heterocycles. The first-order valence-electron chi connectivity index (χ1n) is 10.3. The standard InChI is InChI=1S/C21H34N4O2/c1-3-22-20(24-16-21(26)11-8-12-21)23-15-18(25-13-6-7-14-25)17-9-4-5-10-19(17)27-2/h4-5,9-10,18,26H,3,6-8,11-16H2,1-2H3,(H2,22,23,24). The third kappa shape index (κ3) is 5.14. The molecule has 1 aromatic rings. The van der Waals surface area contributed by atoms with Crippen molar-refractivity contribution in [3.63, 3.8) is 0 Å². The number of aliphatic hydroxyl groups is 1. The van der Waals surface area contributed by atoms with Gasteiger partial charge in [0.25, 0.3) is 0 Å². The van der Waals surface area contributed by atoms with Gasteiger partial charge in [0, 0.05) is 18.7 Å². The second-order valence-corrected chi connectivity index (χ2v) is 7.65. The van der Waals surface area contributed by atoms with Gasteiger partial charge in [-0.15, -0.1) is 0 Å². The summed E-state index contributed by atoms with van der Waals surface area (Å²) in [6.07, 6.45) is 5.29. The molecule has 150 valence electrons. The van der Waals surface area contributed by atoms with Gasteiger partial charge in [0.15, 0.2) is 5.96 Å². The Bertz CT molecular complexity index is 624. The SMILES string of the molecule is CCNC(=NCC1(O)CCC1)NCC(c1ccccc1OC)N1CCCC1. The highest BCUT2D eigenvalue weighted by Gasteiger charge is 2.34. The van der Waals surface area contributed by atoms with E-state index in [9.17, 15) is 5.11 Å². The Kier molecular flexibility index (Phi) is 6.96. The summed E-state index contributed by atoms with van der Waals surface area (Å²) in [6.45, 7) is 6.30. The van der Waals surface area contributed by atoms with Crippen LogP contribution in [0.25, 0.3) is 0 Å². The number of hydrogen-bond acceptors (Lipinski definition) is 4. The van der Waals surface area contributed by atoms with Crippen LogP contribution in [0, 0.1) is 0 Å². The number of methoxy groups -OCH3 is 1. The van der Waals surface area contributed by atoms with Crippen LogP contribution >= 0.6 is 0 Å². The average molecular weight is 375 g/mol. The molecule has 1 unspecified atom stereocenters. The van der Waals surface area contributed by atoms with Gasteiger partial charge in [-0.05, 0) is 58.2 Å². The molecule has 0 bridgehead atoms. The molecule has 1 heterocycles. The maximum absolute atomic E-state index is 10.3. The molecule has 1 saturated carbocycles. The fourth-order valence-corrected chi connectivity index (χ4v) is 3.94. The van der Waals surface area contributed by atoms with Crippen molar-refractivity contribution in [3.05, 3.63) is 29.8 Å². The number of ether oxygens (including phenoxy) is 1. The van der Waals surface area contributed by atoms with E-state index in [4.69, 9.17) is 4.74 Å². The summed E-state index contributed by atoms with van der Waals surface area (Å²) in [4.78, 5) is 7.16. The number of rotatable bonds is 8. The molecule has 27 heavy (non-hydrogen) atoms. The van der Waals surface area contributed by atoms with Crippen molar-refractivity contribution in [2.45, 2.75) is 50.7 Å². The minimum Gasteiger partial charge on any atom is -0.496 e. The van der Waals surface area contributed by atoms with Gasteiger partial charge in [-0.3, -0.25) is 9.89 Å². The van der Waals surface area contributed by atoms with Crippen molar-refractivity contribution in [3.8, 4) is 5.75 Å². The normalized spacial score (nSPS) is 20.8. The average Bonchev–Trinajstić information content (AvgIpc) is 3.19. The Morgan fingerprint density at radius 3 is 2.59 bits per heavy atom. The smallest absolute Gasteiger partial charge is 0.191 e. The van der Waals surface area contributed by atoms with E-state index >= 15 is 0 Å². The quantitative estimate of drug-likeness (QED) is 0.481. The molecule has 6 heteroatoms. The lowest BCUT2D eigenvalue weighted by molar-refractivity contribution is -0.0236. The minimum absolute atomic E-state index is 0.235. The highest BCUT2D eigenvalue weighted by atomic mass is 16.5. The lowest BCUT2D eigenvalue weighted by atomic mass is 9.80. The van der Waals surface area contributed by atoms with Crippen molar-refractivity contribution in [1.29, 1.82) is 0 Å². The molecule has 0 radical (unpaired) electrons. The number of nitrogens with zero attached hydrogens (tertiary/aromatic N) is 2. The Balaban J connectivity index is 1.71. The van der Waals surface area contributed by atoms with Gasteiger partial charge >= 0.3 is 0 Å². The molecule has 1 aromatic carbocycles. The Morgan fingerprint density at radius 2 is 1.96 bits per heavy atom. The molecule has 3 rings (SSSR count). The fraction of sp³-hybridized carbons (Fsp3) is 0.667. The summed E-state index contributed by atoms with van der Waals surface area (Å²) in [5.41, 5.74) is 0.613.